The number of hydrogen-bond acceptors (Lipinski definition) is 3. The van der Waals surface area contributed by atoms with Crippen molar-refractivity contribution in [3.63, 3.8) is 0 Å². The predicted octanol–water partition coefficient (Wildman–Crippen LogP) is 3.55. The van der Waals surface area contributed by atoms with Crippen LogP contribution < -0.4 is 5.32 Å². The van der Waals surface area contributed by atoms with Gasteiger partial charge in [-0.1, -0.05) is 19.9 Å². The summed E-state index contributed by atoms with van der Waals surface area (Å²) in [7, 11) is 1.89. The third-order valence-corrected chi connectivity index (χ3v) is 3.93. The summed E-state index contributed by atoms with van der Waals surface area (Å²) in [5.41, 5.74) is 1.04. The lowest BCUT2D eigenvalue weighted by atomic mass is 9.82. The summed E-state index contributed by atoms with van der Waals surface area (Å²) in [5, 5.41) is 14.4. The fraction of sp³-hybridized carbons (Fsp3) is 0.538. The number of nitrogens with one attached hydrogen (secondary N) is 1. The molecule has 0 bridgehead atoms. The second-order valence-electron chi connectivity index (χ2n) is 4.81. The van der Waals surface area contributed by atoms with E-state index in [1.807, 2.05) is 19.2 Å². The first-order valence-electron chi connectivity index (χ1n) is 5.99. The Labute approximate surface area is 121 Å². The molecule has 1 N–H and O–H groups in total. The fourth-order valence-corrected chi connectivity index (χ4v) is 2.82. The van der Waals surface area contributed by atoms with Gasteiger partial charge in [0, 0.05) is 27.2 Å². The summed E-state index contributed by atoms with van der Waals surface area (Å²) in [6, 6.07) is 5.66. The molecule has 0 saturated heterocycles. The third kappa shape index (κ3) is 3.41. The zero-order valence-corrected chi connectivity index (χ0v) is 13.3. The van der Waals surface area contributed by atoms with Crippen molar-refractivity contribution in [3.8, 4) is 0 Å². The summed E-state index contributed by atoms with van der Waals surface area (Å²) >= 11 is 2.10. The van der Waals surface area contributed by atoms with Gasteiger partial charge in [-0.2, -0.15) is 0 Å². The van der Waals surface area contributed by atoms with E-state index < -0.39 is 0 Å². The fourth-order valence-electron chi connectivity index (χ4n) is 2.34. The van der Waals surface area contributed by atoms with Crippen molar-refractivity contribution in [2.45, 2.75) is 32.7 Å². The van der Waals surface area contributed by atoms with E-state index >= 15 is 0 Å². The van der Waals surface area contributed by atoms with Gasteiger partial charge in [0.05, 0.1) is 4.92 Å². The van der Waals surface area contributed by atoms with Crippen molar-refractivity contribution < 1.29 is 4.92 Å². The van der Waals surface area contributed by atoms with Crippen LogP contribution in [0, 0.1) is 19.6 Å². The summed E-state index contributed by atoms with van der Waals surface area (Å²) in [4.78, 5) is 10.9. The molecule has 0 aliphatic rings. The smallest absolute Gasteiger partial charge is 0.273 e. The zero-order valence-electron chi connectivity index (χ0n) is 11.1. The Balaban J connectivity index is 3.31. The maximum absolute atomic E-state index is 11.2. The van der Waals surface area contributed by atoms with Crippen LogP contribution >= 0.6 is 22.6 Å². The minimum Gasteiger partial charge on any atom is -0.317 e. The molecule has 0 fully saturated rings. The molecule has 0 saturated carbocycles. The summed E-state index contributed by atoms with van der Waals surface area (Å²) in [5.74, 6) is 0.471. The second-order valence-corrected chi connectivity index (χ2v) is 6.05. The van der Waals surface area contributed by atoms with Crippen molar-refractivity contribution in [3.05, 3.63) is 37.4 Å². The quantitative estimate of drug-likeness (QED) is 0.495. The van der Waals surface area contributed by atoms with Gasteiger partial charge in [-0.15, -0.1) is 0 Å². The standard InChI is InChI=1S/C13H19IN2O2/c1-8(2)13(9(3)15-4)11-6-5-10(14)7-12(11)16(17)18/h5-9,13,15H,1-4H3. The van der Waals surface area contributed by atoms with Gasteiger partial charge in [0.15, 0.2) is 0 Å². The number of benzene rings is 1. The molecular weight excluding hydrogens is 343 g/mol. The van der Waals surface area contributed by atoms with Crippen LogP contribution in [-0.2, 0) is 0 Å². The molecule has 1 aromatic rings. The van der Waals surface area contributed by atoms with E-state index in [4.69, 9.17) is 0 Å². The number of halogens is 1. The van der Waals surface area contributed by atoms with Crippen LogP contribution in [-0.4, -0.2) is 18.0 Å². The number of nitro benzene ring substituents is 1. The van der Waals surface area contributed by atoms with Gasteiger partial charge in [0.2, 0.25) is 0 Å². The van der Waals surface area contributed by atoms with Gasteiger partial charge in [0.1, 0.15) is 0 Å². The second kappa shape index (κ2) is 6.47. The zero-order chi connectivity index (χ0) is 13.9. The maximum atomic E-state index is 11.2. The van der Waals surface area contributed by atoms with Crippen molar-refractivity contribution in [2.75, 3.05) is 7.05 Å². The van der Waals surface area contributed by atoms with Gasteiger partial charge in [0.25, 0.3) is 5.69 Å². The van der Waals surface area contributed by atoms with E-state index in [1.165, 1.54) is 0 Å². The molecule has 1 aromatic carbocycles. The first-order chi connectivity index (χ1) is 8.38. The molecule has 2 unspecified atom stereocenters. The van der Waals surface area contributed by atoms with Crippen molar-refractivity contribution in [1.82, 2.24) is 5.32 Å². The van der Waals surface area contributed by atoms with Crippen LogP contribution in [0.5, 0.6) is 0 Å². The molecule has 0 amide bonds. The number of nitro groups is 1. The van der Waals surface area contributed by atoms with Gasteiger partial charge in [-0.25, -0.2) is 0 Å². The molecule has 100 valence electrons. The monoisotopic (exact) mass is 362 g/mol. The van der Waals surface area contributed by atoms with Crippen molar-refractivity contribution >= 4 is 28.3 Å². The summed E-state index contributed by atoms with van der Waals surface area (Å²) < 4.78 is 0.891. The van der Waals surface area contributed by atoms with Gasteiger partial charge >= 0.3 is 0 Å². The lowest BCUT2D eigenvalue weighted by Gasteiger charge is -2.27. The minimum atomic E-state index is -0.282. The molecule has 2 atom stereocenters. The Bertz CT molecular complexity index is 435. The molecule has 0 aromatic heterocycles. The molecule has 18 heavy (non-hydrogen) atoms. The topological polar surface area (TPSA) is 55.2 Å². The lowest BCUT2D eigenvalue weighted by Crippen LogP contribution is -2.32. The molecule has 0 heterocycles. The highest BCUT2D eigenvalue weighted by molar-refractivity contribution is 14.1. The highest BCUT2D eigenvalue weighted by Gasteiger charge is 2.28. The molecule has 1 rings (SSSR count). The van der Waals surface area contributed by atoms with Crippen molar-refractivity contribution in [1.29, 1.82) is 0 Å². The van der Waals surface area contributed by atoms with E-state index in [2.05, 4.69) is 48.7 Å². The summed E-state index contributed by atoms with van der Waals surface area (Å²) in [6.45, 7) is 6.26. The number of hydrogen-bond donors (Lipinski definition) is 1. The highest BCUT2D eigenvalue weighted by atomic mass is 127. The molecule has 0 aliphatic heterocycles. The number of nitrogens with zero attached hydrogens (tertiary/aromatic N) is 1. The molecule has 0 spiro atoms. The molecule has 0 radical (unpaired) electrons. The van der Waals surface area contributed by atoms with Gasteiger partial charge in [-0.3, -0.25) is 10.1 Å². The third-order valence-electron chi connectivity index (χ3n) is 3.26. The number of likely N-dealkylation sites (N-methyl/N-ethyl adjacent to an activating group) is 1. The Morgan fingerprint density at radius 1 is 1.33 bits per heavy atom. The Kier molecular flexibility index (Phi) is 5.52. The van der Waals surface area contributed by atoms with E-state index in [9.17, 15) is 10.1 Å². The molecular formula is C13H19IN2O2. The Hall–Kier alpha value is -0.690. The minimum absolute atomic E-state index is 0.132. The van der Waals surface area contributed by atoms with Gasteiger partial charge < -0.3 is 5.32 Å². The molecule has 0 aliphatic carbocycles. The van der Waals surface area contributed by atoms with Crippen LogP contribution in [0.3, 0.4) is 0 Å². The SMILES string of the molecule is CNC(C)C(c1ccc(I)cc1[N+](=O)[O-])C(C)C. The molecule has 4 nitrogen and oxygen atoms in total. The Morgan fingerprint density at radius 2 is 1.94 bits per heavy atom. The van der Waals surface area contributed by atoms with Crippen molar-refractivity contribution in [2.24, 2.45) is 5.92 Å². The average Bonchev–Trinajstić information content (AvgIpc) is 2.30. The lowest BCUT2D eigenvalue weighted by molar-refractivity contribution is -0.385. The van der Waals surface area contributed by atoms with Crippen LogP contribution in [0.2, 0.25) is 0 Å². The van der Waals surface area contributed by atoms with E-state index in [0.717, 1.165) is 9.13 Å². The van der Waals surface area contributed by atoms with Crippen LogP contribution in [0.15, 0.2) is 18.2 Å². The first-order valence-corrected chi connectivity index (χ1v) is 7.07. The maximum Gasteiger partial charge on any atom is 0.273 e. The normalized spacial score (nSPS) is 14.6. The van der Waals surface area contributed by atoms with E-state index in [0.29, 0.717) is 5.92 Å². The average molecular weight is 362 g/mol. The number of rotatable bonds is 5. The summed E-state index contributed by atoms with van der Waals surface area (Å²) in [6.07, 6.45) is 0. The van der Waals surface area contributed by atoms with E-state index in [1.54, 1.807) is 6.07 Å². The first kappa shape index (κ1) is 15.4. The van der Waals surface area contributed by atoms with Crippen LogP contribution in [0.1, 0.15) is 32.3 Å². The molecule has 5 heteroatoms. The van der Waals surface area contributed by atoms with Crippen LogP contribution in [0.25, 0.3) is 0 Å². The van der Waals surface area contributed by atoms with Gasteiger partial charge in [-0.05, 0) is 48.5 Å². The van der Waals surface area contributed by atoms with E-state index in [-0.39, 0.29) is 22.6 Å². The highest BCUT2D eigenvalue weighted by Crippen LogP contribution is 2.35. The van der Waals surface area contributed by atoms with Crippen LogP contribution in [0.4, 0.5) is 5.69 Å². The largest absolute Gasteiger partial charge is 0.317 e. The Morgan fingerprint density at radius 3 is 2.39 bits per heavy atom. The predicted molar refractivity (Wildman–Crippen MR) is 81.9 cm³/mol.